The summed E-state index contributed by atoms with van der Waals surface area (Å²) in [5.74, 6) is 2.53. The van der Waals surface area contributed by atoms with Crippen LogP contribution in [0.4, 0.5) is 0 Å². The molecule has 0 radical (unpaired) electrons. The van der Waals surface area contributed by atoms with Gasteiger partial charge >= 0.3 is 0 Å². The van der Waals surface area contributed by atoms with E-state index in [2.05, 4.69) is 28.6 Å². The second-order valence-corrected chi connectivity index (χ2v) is 6.24. The Morgan fingerprint density at radius 3 is 2.88 bits per heavy atom. The first-order valence-corrected chi connectivity index (χ1v) is 8.92. The molecule has 5 nitrogen and oxygen atoms in total. The largest absolute Gasteiger partial charge is 0.459 e. The molecule has 0 unspecified atom stereocenters. The Morgan fingerprint density at radius 1 is 1.28 bits per heavy atom. The average molecular weight is 457 g/mol. The number of hydrogen-bond acceptors (Lipinski definition) is 3. The van der Waals surface area contributed by atoms with Crippen LogP contribution in [0.1, 0.15) is 31.9 Å². The average Bonchev–Trinajstić information content (AvgIpc) is 3.32. The standard InChI is InChI=1S/C19H27N3O2.HI/c1-2-20-19(21-10-5-11-23-14-15-8-9-15)22-13-17-12-16-6-3-4-7-18(16)24-17;/h3-4,6-7,12,15H,2,5,8-11,13-14H2,1H3,(H2,20,21,22);1H. The third-order valence-electron chi connectivity index (χ3n) is 4.02. The molecule has 0 atom stereocenters. The molecule has 0 spiro atoms. The van der Waals surface area contributed by atoms with Gasteiger partial charge in [0.25, 0.3) is 0 Å². The third kappa shape index (κ3) is 6.86. The second kappa shape index (κ2) is 10.7. The van der Waals surface area contributed by atoms with E-state index in [1.54, 1.807) is 0 Å². The van der Waals surface area contributed by atoms with Crippen molar-refractivity contribution in [2.24, 2.45) is 10.9 Å². The Balaban J connectivity index is 0.00000225. The second-order valence-electron chi connectivity index (χ2n) is 6.24. The molecule has 1 aromatic heterocycles. The number of guanidine groups is 1. The van der Waals surface area contributed by atoms with Crippen molar-refractivity contribution in [3.63, 3.8) is 0 Å². The van der Waals surface area contributed by atoms with Crippen LogP contribution >= 0.6 is 24.0 Å². The summed E-state index contributed by atoms with van der Waals surface area (Å²) in [7, 11) is 0. The number of ether oxygens (including phenoxy) is 1. The minimum atomic E-state index is 0. The van der Waals surface area contributed by atoms with Crippen LogP contribution in [0.25, 0.3) is 11.0 Å². The molecule has 6 heteroatoms. The summed E-state index contributed by atoms with van der Waals surface area (Å²) in [6.07, 6.45) is 3.68. The number of aliphatic imine (C=N–C) groups is 1. The molecule has 1 heterocycles. The van der Waals surface area contributed by atoms with Gasteiger partial charge in [0.2, 0.25) is 0 Å². The fourth-order valence-corrected chi connectivity index (χ4v) is 2.53. The highest BCUT2D eigenvalue weighted by molar-refractivity contribution is 14.0. The van der Waals surface area contributed by atoms with Gasteiger partial charge in [-0.15, -0.1) is 24.0 Å². The summed E-state index contributed by atoms with van der Waals surface area (Å²) >= 11 is 0. The molecule has 1 fully saturated rings. The third-order valence-corrected chi connectivity index (χ3v) is 4.02. The molecule has 2 N–H and O–H groups in total. The predicted molar refractivity (Wildman–Crippen MR) is 113 cm³/mol. The van der Waals surface area contributed by atoms with E-state index in [-0.39, 0.29) is 24.0 Å². The predicted octanol–water partition coefficient (Wildman–Crippen LogP) is 3.92. The molecule has 1 aliphatic rings. The first-order chi connectivity index (χ1) is 11.8. The van der Waals surface area contributed by atoms with Gasteiger partial charge in [0.05, 0.1) is 0 Å². The number of rotatable bonds is 9. The molecule has 3 rings (SSSR count). The SMILES string of the molecule is CCNC(=NCc1cc2ccccc2o1)NCCCOCC1CC1.I. The Hall–Kier alpha value is -1.28. The smallest absolute Gasteiger partial charge is 0.191 e. The van der Waals surface area contributed by atoms with E-state index in [9.17, 15) is 0 Å². The van der Waals surface area contributed by atoms with Crippen molar-refractivity contribution in [1.82, 2.24) is 10.6 Å². The lowest BCUT2D eigenvalue weighted by Gasteiger charge is -2.11. The molecule has 1 aromatic carbocycles. The van der Waals surface area contributed by atoms with Gasteiger partial charge in [-0.05, 0) is 44.2 Å². The van der Waals surface area contributed by atoms with E-state index < -0.39 is 0 Å². The highest BCUT2D eigenvalue weighted by atomic mass is 127. The van der Waals surface area contributed by atoms with Crippen molar-refractivity contribution in [2.75, 3.05) is 26.3 Å². The molecule has 1 saturated carbocycles. The van der Waals surface area contributed by atoms with E-state index in [1.807, 2.05) is 24.3 Å². The van der Waals surface area contributed by atoms with Gasteiger partial charge in [-0.2, -0.15) is 0 Å². The molecule has 2 aromatic rings. The Labute approximate surface area is 166 Å². The van der Waals surface area contributed by atoms with Crippen LogP contribution in [0.2, 0.25) is 0 Å². The van der Waals surface area contributed by atoms with Crippen LogP contribution in [-0.4, -0.2) is 32.3 Å². The normalized spacial score (nSPS) is 14.4. The zero-order chi connectivity index (χ0) is 16.6. The maximum absolute atomic E-state index is 5.80. The van der Waals surface area contributed by atoms with Gasteiger partial charge in [-0.3, -0.25) is 0 Å². The van der Waals surface area contributed by atoms with Gasteiger partial charge in [0.1, 0.15) is 17.9 Å². The topological polar surface area (TPSA) is 58.8 Å². The van der Waals surface area contributed by atoms with Crippen LogP contribution in [-0.2, 0) is 11.3 Å². The molecule has 0 aliphatic heterocycles. The molecular weight excluding hydrogens is 429 g/mol. The summed E-state index contributed by atoms with van der Waals surface area (Å²) < 4.78 is 11.4. The van der Waals surface area contributed by atoms with Gasteiger partial charge in [0, 0.05) is 31.7 Å². The summed E-state index contributed by atoms with van der Waals surface area (Å²) in [5.41, 5.74) is 0.911. The Bertz CT molecular complexity index is 634. The number of para-hydroxylation sites is 1. The quantitative estimate of drug-likeness (QED) is 0.260. The monoisotopic (exact) mass is 457 g/mol. The van der Waals surface area contributed by atoms with Crippen molar-refractivity contribution < 1.29 is 9.15 Å². The zero-order valence-corrected chi connectivity index (χ0v) is 17.1. The number of furan rings is 1. The van der Waals surface area contributed by atoms with Crippen molar-refractivity contribution >= 4 is 40.9 Å². The van der Waals surface area contributed by atoms with E-state index in [1.165, 1.54) is 12.8 Å². The maximum Gasteiger partial charge on any atom is 0.191 e. The van der Waals surface area contributed by atoms with E-state index >= 15 is 0 Å². The van der Waals surface area contributed by atoms with E-state index in [4.69, 9.17) is 9.15 Å². The lowest BCUT2D eigenvalue weighted by Crippen LogP contribution is -2.38. The minimum Gasteiger partial charge on any atom is -0.459 e. The maximum atomic E-state index is 5.80. The number of halogens is 1. The van der Waals surface area contributed by atoms with Crippen LogP contribution < -0.4 is 10.6 Å². The van der Waals surface area contributed by atoms with Crippen LogP contribution in [0.3, 0.4) is 0 Å². The number of nitrogens with zero attached hydrogens (tertiary/aromatic N) is 1. The van der Waals surface area contributed by atoms with Crippen molar-refractivity contribution in [3.05, 3.63) is 36.1 Å². The minimum absolute atomic E-state index is 0. The lowest BCUT2D eigenvalue weighted by atomic mass is 10.2. The fraction of sp³-hybridized carbons (Fsp3) is 0.526. The number of nitrogens with one attached hydrogen (secondary N) is 2. The Morgan fingerprint density at radius 2 is 2.12 bits per heavy atom. The number of benzene rings is 1. The van der Waals surface area contributed by atoms with Crippen LogP contribution in [0, 0.1) is 5.92 Å². The van der Waals surface area contributed by atoms with Gasteiger partial charge in [0.15, 0.2) is 5.96 Å². The van der Waals surface area contributed by atoms with Crippen molar-refractivity contribution in [2.45, 2.75) is 32.7 Å². The molecule has 0 bridgehead atoms. The lowest BCUT2D eigenvalue weighted by molar-refractivity contribution is 0.123. The molecule has 0 saturated heterocycles. The van der Waals surface area contributed by atoms with Gasteiger partial charge in [-0.25, -0.2) is 4.99 Å². The Kier molecular flexibility index (Phi) is 8.54. The first-order valence-electron chi connectivity index (χ1n) is 8.92. The molecular formula is C19H28IN3O2. The molecule has 0 amide bonds. The van der Waals surface area contributed by atoms with Crippen molar-refractivity contribution in [3.8, 4) is 0 Å². The van der Waals surface area contributed by atoms with Gasteiger partial charge in [-0.1, -0.05) is 18.2 Å². The van der Waals surface area contributed by atoms with Crippen molar-refractivity contribution in [1.29, 1.82) is 0 Å². The highest BCUT2D eigenvalue weighted by Crippen LogP contribution is 2.28. The molecule has 1 aliphatic carbocycles. The highest BCUT2D eigenvalue weighted by Gasteiger charge is 2.20. The summed E-state index contributed by atoms with van der Waals surface area (Å²) in [6, 6.07) is 10.1. The van der Waals surface area contributed by atoms with Gasteiger partial charge < -0.3 is 19.8 Å². The molecule has 138 valence electrons. The van der Waals surface area contributed by atoms with E-state index in [0.29, 0.717) is 6.54 Å². The fourth-order valence-electron chi connectivity index (χ4n) is 2.53. The zero-order valence-electron chi connectivity index (χ0n) is 14.8. The van der Waals surface area contributed by atoms with Crippen LogP contribution in [0.5, 0.6) is 0 Å². The summed E-state index contributed by atoms with van der Waals surface area (Å²) in [6.45, 7) is 6.03. The number of hydrogen-bond donors (Lipinski definition) is 2. The number of fused-ring (bicyclic) bond motifs is 1. The summed E-state index contributed by atoms with van der Waals surface area (Å²) in [5, 5.41) is 7.73. The van der Waals surface area contributed by atoms with Crippen LogP contribution in [0.15, 0.2) is 39.7 Å². The summed E-state index contributed by atoms with van der Waals surface area (Å²) in [4.78, 5) is 4.59. The molecule has 25 heavy (non-hydrogen) atoms. The van der Waals surface area contributed by atoms with E-state index in [0.717, 1.165) is 61.3 Å². The first kappa shape index (κ1) is 20.0.